The van der Waals surface area contributed by atoms with E-state index < -0.39 is 0 Å². The topological polar surface area (TPSA) is 12.5 Å². The molecular weight excluding hydrogens is 228 g/mol. The maximum Gasteiger partial charge on any atom is 0.112 e. The first kappa shape index (κ1) is 9.22. The maximum atomic E-state index is 5.61. The molecule has 1 fully saturated rings. The van der Waals surface area contributed by atoms with Gasteiger partial charge in [0.1, 0.15) is 6.10 Å². The second kappa shape index (κ2) is 2.82. The highest BCUT2D eigenvalue weighted by atomic mass is 79.9. The molecule has 1 nitrogen and oxygen atoms in total. The fourth-order valence-electron chi connectivity index (χ4n) is 1.60. The first-order valence-corrected chi connectivity index (χ1v) is 5.24. The summed E-state index contributed by atoms with van der Waals surface area (Å²) >= 11 is 3.47. The normalized spacial score (nSPS) is 24.5. The number of aryl methyl sites for hydroxylation is 1. The van der Waals surface area contributed by atoms with Crippen LogP contribution in [0.1, 0.15) is 31.1 Å². The molecule has 2 rings (SSSR count). The SMILES string of the molecule is Cc1ccc(Br)cc1C1OC1(C)C. The Hall–Kier alpha value is -0.340. The van der Waals surface area contributed by atoms with Crippen molar-refractivity contribution >= 4 is 15.9 Å². The van der Waals surface area contributed by atoms with Crippen LogP contribution in [0.15, 0.2) is 22.7 Å². The van der Waals surface area contributed by atoms with Gasteiger partial charge in [-0.05, 0) is 44.0 Å². The number of ether oxygens (including phenoxy) is 1. The Morgan fingerprint density at radius 3 is 2.54 bits per heavy atom. The zero-order valence-electron chi connectivity index (χ0n) is 8.10. The summed E-state index contributed by atoms with van der Waals surface area (Å²) in [5.74, 6) is 0. The number of epoxide rings is 1. The third kappa shape index (κ3) is 1.65. The van der Waals surface area contributed by atoms with Gasteiger partial charge in [-0.2, -0.15) is 0 Å². The van der Waals surface area contributed by atoms with Crippen LogP contribution < -0.4 is 0 Å². The lowest BCUT2D eigenvalue weighted by atomic mass is 9.99. The van der Waals surface area contributed by atoms with Gasteiger partial charge < -0.3 is 4.74 Å². The van der Waals surface area contributed by atoms with Gasteiger partial charge in [-0.15, -0.1) is 0 Å². The maximum absolute atomic E-state index is 5.61. The highest BCUT2D eigenvalue weighted by Gasteiger charge is 2.49. The van der Waals surface area contributed by atoms with Crippen molar-refractivity contribution in [3.8, 4) is 0 Å². The van der Waals surface area contributed by atoms with Gasteiger partial charge >= 0.3 is 0 Å². The molecule has 0 aromatic heterocycles. The largest absolute Gasteiger partial charge is 0.362 e. The summed E-state index contributed by atoms with van der Waals surface area (Å²) in [5.41, 5.74) is 2.64. The molecule has 0 saturated carbocycles. The Morgan fingerprint density at radius 1 is 1.38 bits per heavy atom. The van der Waals surface area contributed by atoms with E-state index in [2.05, 4.69) is 54.9 Å². The second-order valence-electron chi connectivity index (χ2n) is 4.10. The summed E-state index contributed by atoms with van der Waals surface area (Å²) in [4.78, 5) is 0. The van der Waals surface area contributed by atoms with Crippen molar-refractivity contribution in [1.82, 2.24) is 0 Å². The Kier molecular flexibility index (Phi) is 2.00. The van der Waals surface area contributed by atoms with E-state index in [9.17, 15) is 0 Å². The Morgan fingerprint density at radius 2 is 2.00 bits per heavy atom. The molecule has 13 heavy (non-hydrogen) atoms. The van der Waals surface area contributed by atoms with Gasteiger partial charge in [-0.25, -0.2) is 0 Å². The first-order valence-electron chi connectivity index (χ1n) is 4.44. The van der Waals surface area contributed by atoms with Crippen molar-refractivity contribution in [3.63, 3.8) is 0 Å². The quantitative estimate of drug-likeness (QED) is 0.684. The minimum absolute atomic E-state index is 0.0333. The standard InChI is InChI=1S/C11H13BrO/c1-7-4-5-8(12)6-9(7)10-11(2,3)13-10/h4-6,10H,1-3H3. The van der Waals surface area contributed by atoms with Gasteiger partial charge in [0.2, 0.25) is 0 Å². The van der Waals surface area contributed by atoms with Crippen molar-refractivity contribution in [1.29, 1.82) is 0 Å². The minimum Gasteiger partial charge on any atom is -0.362 e. The summed E-state index contributed by atoms with van der Waals surface area (Å²) in [7, 11) is 0. The van der Waals surface area contributed by atoms with Crippen LogP contribution in [0.2, 0.25) is 0 Å². The fourth-order valence-corrected chi connectivity index (χ4v) is 1.98. The Balaban J connectivity index is 2.36. The van der Waals surface area contributed by atoms with Gasteiger partial charge in [0, 0.05) is 4.47 Å². The third-order valence-electron chi connectivity index (χ3n) is 2.52. The number of hydrogen-bond acceptors (Lipinski definition) is 1. The molecule has 0 N–H and O–H groups in total. The van der Waals surface area contributed by atoms with Gasteiger partial charge in [0.15, 0.2) is 0 Å². The molecule has 1 saturated heterocycles. The highest BCUT2D eigenvalue weighted by molar-refractivity contribution is 9.10. The van der Waals surface area contributed by atoms with Crippen molar-refractivity contribution in [2.24, 2.45) is 0 Å². The zero-order valence-corrected chi connectivity index (χ0v) is 9.68. The van der Waals surface area contributed by atoms with Crippen LogP contribution >= 0.6 is 15.9 Å². The molecule has 0 radical (unpaired) electrons. The molecule has 1 atom stereocenters. The molecule has 1 aliphatic heterocycles. The van der Waals surface area contributed by atoms with Crippen LogP contribution in [0.4, 0.5) is 0 Å². The van der Waals surface area contributed by atoms with Crippen LogP contribution in [-0.4, -0.2) is 5.60 Å². The zero-order chi connectivity index (χ0) is 9.64. The number of rotatable bonds is 1. The lowest BCUT2D eigenvalue weighted by Crippen LogP contribution is -1.99. The summed E-state index contributed by atoms with van der Waals surface area (Å²) in [6.45, 7) is 6.37. The molecule has 1 aromatic rings. The Labute approximate surface area is 87.2 Å². The van der Waals surface area contributed by atoms with Crippen molar-refractivity contribution in [2.45, 2.75) is 32.5 Å². The summed E-state index contributed by atoms with van der Waals surface area (Å²) < 4.78 is 6.73. The molecule has 0 spiro atoms. The van der Waals surface area contributed by atoms with E-state index in [1.165, 1.54) is 11.1 Å². The lowest BCUT2D eigenvalue weighted by molar-refractivity contribution is 0.325. The second-order valence-corrected chi connectivity index (χ2v) is 5.02. The van der Waals surface area contributed by atoms with E-state index in [-0.39, 0.29) is 11.7 Å². The predicted molar refractivity (Wildman–Crippen MR) is 56.8 cm³/mol. The van der Waals surface area contributed by atoms with Gasteiger partial charge in [0.05, 0.1) is 5.60 Å². The van der Waals surface area contributed by atoms with Crippen LogP contribution in [-0.2, 0) is 4.74 Å². The molecule has 1 heterocycles. The lowest BCUT2D eigenvalue weighted by Gasteiger charge is -2.03. The smallest absolute Gasteiger partial charge is 0.112 e. The van der Waals surface area contributed by atoms with Gasteiger partial charge in [-0.1, -0.05) is 22.0 Å². The average Bonchev–Trinajstić information content (AvgIpc) is 2.65. The third-order valence-corrected chi connectivity index (χ3v) is 3.01. The molecule has 0 amide bonds. The average molecular weight is 241 g/mol. The van der Waals surface area contributed by atoms with E-state index in [1.807, 2.05) is 0 Å². The number of hydrogen-bond donors (Lipinski definition) is 0. The molecule has 1 aliphatic rings. The summed E-state index contributed by atoms with van der Waals surface area (Å²) in [5, 5.41) is 0. The van der Waals surface area contributed by atoms with Crippen molar-refractivity contribution in [2.75, 3.05) is 0 Å². The summed E-state index contributed by atoms with van der Waals surface area (Å²) in [6.07, 6.45) is 0.282. The fraction of sp³-hybridized carbons (Fsp3) is 0.455. The monoisotopic (exact) mass is 240 g/mol. The predicted octanol–water partition coefficient (Wildman–Crippen LogP) is 3.61. The first-order chi connectivity index (χ1) is 6.00. The minimum atomic E-state index is 0.0333. The van der Waals surface area contributed by atoms with E-state index in [4.69, 9.17) is 4.74 Å². The highest BCUT2D eigenvalue weighted by Crippen LogP contribution is 2.50. The number of halogens is 1. The van der Waals surface area contributed by atoms with Crippen molar-refractivity contribution in [3.05, 3.63) is 33.8 Å². The van der Waals surface area contributed by atoms with Gasteiger partial charge in [-0.3, -0.25) is 0 Å². The number of benzene rings is 1. The van der Waals surface area contributed by atoms with Crippen molar-refractivity contribution < 1.29 is 4.74 Å². The molecule has 2 heteroatoms. The molecule has 70 valence electrons. The molecule has 1 unspecified atom stereocenters. The van der Waals surface area contributed by atoms with Crippen LogP contribution in [0.3, 0.4) is 0 Å². The van der Waals surface area contributed by atoms with Crippen LogP contribution in [0.5, 0.6) is 0 Å². The van der Waals surface area contributed by atoms with Crippen LogP contribution in [0.25, 0.3) is 0 Å². The van der Waals surface area contributed by atoms with E-state index >= 15 is 0 Å². The molecule has 0 aliphatic carbocycles. The summed E-state index contributed by atoms with van der Waals surface area (Å²) in [6, 6.07) is 6.33. The Bertz CT molecular complexity index is 344. The molecule has 1 aromatic carbocycles. The van der Waals surface area contributed by atoms with Crippen LogP contribution in [0, 0.1) is 6.92 Å². The molecule has 0 bridgehead atoms. The van der Waals surface area contributed by atoms with E-state index in [1.54, 1.807) is 0 Å². The van der Waals surface area contributed by atoms with Gasteiger partial charge in [0.25, 0.3) is 0 Å². The van der Waals surface area contributed by atoms with E-state index in [0.717, 1.165) is 4.47 Å². The molecular formula is C11H13BrO. The van der Waals surface area contributed by atoms with E-state index in [0.29, 0.717) is 0 Å².